The van der Waals surface area contributed by atoms with Gasteiger partial charge in [-0.2, -0.15) is 0 Å². The minimum absolute atomic E-state index is 0.0691. The lowest BCUT2D eigenvalue weighted by atomic mass is 9.49. The lowest BCUT2D eigenvalue weighted by molar-refractivity contribution is -0.126. The summed E-state index contributed by atoms with van der Waals surface area (Å²) < 4.78 is 29.2. The molecule has 2 aliphatic carbocycles. The highest BCUT2D eigenvalue weighted by Crippen LogP contribution is 2.62. The van der Waals surface area contributed by atoms with Crippen LogP contribution in [0.5, 0.6) is 0 Å². The Kier molecular flexibility index (Phi) is 6.30. The summed E-state index contributed by atoms with van der Waals surface area (Å²) in [4.78, 5) is 0. The van der Waals surface area contributed by atoms with Crippen LogP contribution in [-0.2, 0) is 0 Å². The van der Waals surface area contributed by atoms with E-state index in [0.29, 0.717) is 6.42 Å². The van der Waals surface area contributed by atoms with Gasteiger partial charge < -0.3 is 0 Å². The van der Waals surface area contributed by atoms with Crippen molar-refractivity contribution >= 4 is 0 Å². The monoisotopic (exact) mass is 314 g/mol. The molecule has 2 saturated carbocycles. The Morgan fingerprint density at radius 1 is 0.727 bits per heavy atom. The van der Waals surface area contributed by atoms with Crippen molar-refractivity contribution in [3.05, 3.63) is 0 Å². The molecule has 0 aromatic heterocycles. The predicted octanol–water partition coefficient (Wildman–Crippen LogP) is 7.51. The van der Waals surface area contributed by atoms with Crippen molar-refractivity contribution in [2.75, 3.05) is 0 Å². The Labute approximate surface area is 136 Å². The van der Waals surface area contributed by atoms with E-state index >= 15 is 0 Å². The maximum Gasteiger partial charge on any atom is 0.248 e. The highest BCUT2D eigenvalue weighted by Gasteiger charge is 2.54. The van der Waals surface area contributed by atoms with Crippen LogP contribution in [0.1, 0.15) is 110 Å². The van der Waals surface area contributed by atoms with Crippen LogP contribution in [0.4, 0.5) is 8.78 Å². The first-order valence-corrected chi connectivity index (χ1v) is 9.87. The molecule has 0 bridgehead atoms. The lowest BCUT2D eigenvalue weighted by Crippen LogP contribution is -2.48. The topological polar surface area (TPSA) is 0 Å². The van der Waals surface area contributed by atoms with Gasteiger partial charge in [0.1, 0.15) is 0 Å². The number of hydrogen-bond acceptors (Lipinski definition) is 0. The normalized spacial score (nSPS) is 25.1. The van der Waals surface area contributed by atoms with E-state index in [9.17, 15) is 8.78 Å². The zero-order valence-electron chi connectivity index (χ0n) is 14.9. The van der Waals surface area contributed by atoms with Crippen molar-refractivity contribution in [1.29, 1.82) is 0 Å². The molecule has 130 valence electrons. The van der Waals surface area contributed by atoms with Crippen LogP contribution in [0, 0.1) is 10.8 Å². The molecule has 0 saturated heterocycles. The summed E-state index contributed by atoms with van der Waals surface area (Å²) in [7, 11) is 0. The van der Waals surface area contributed by atoms with Gasteiger partial charge in [0.25, 0.3) is 0 Å². The van der Waals surface area contributed by atoms with Gasteiger partial charge in [0.2, 0.25) is 5.92 Å². The third-order valence-corrected chi connectivity index (χ3v) is 6.69. The Bertz CT molecular complexity index is 317. The minimum atomic E-state index is -2.45. The molecule has 0 unspecified atom stereocenters. The summed E-state index contributed by atoms with van der Waals surface area (Å²) in [5.74, 6) is -2.45. The van der Waals surface area contributed by atoms with Crippen LogP contribution in [-0.4, -0.2) is 5.92 Å². The van der Waals surface area contributed by atoms with Crippen LogP contribution < -0.4 is 0 Å². The molecule has 0 aliphatic heterocycles. The Morgan fingerprint density at radius 3 is 1.68 bits per heavy atom. The fourth-order valence-electron chi connectivity index (χ4n) is 5.82. The van der Waals surface area contributed by atoms with Crippen molar-refractivity contribution in [3.63, 3.8) is 0 Å². The van der Waals surface area contributed by atoms with Crippen molar-refractivity contribution in [2.24, 2.45) is 10.8 Å². The second-order valence-corrected chi connectivity index (χ2v) is 8.21. The first-order chi connectivity index (χ1) is 10.5. The summed E-state index contributed by atoms with van der Waals surface area (Å²) >= 11 is 0. The van der Waals surface area contributed by atoms with E-state index < -0.39 is 5.92 Å². The summed E-state index contributed by atoms with van der Waals surface area (Å²) in [5.41, 5.74) is 0.151. The maximum atomic E-state index is 14.6. The van der Waals surface area contributed by atoms with Gasteiger partial charge in [0.05, 0.1) is 0 Å². The molecule has 2 aliphatic rings. The molecule has 0 aromatic carbocycles. The van der Waals surface area contributed by atoms with E-state index in [1.807, 2.05) is 6.92 Å². The molecule has 0 amide bonds. The molecule has 0 radical (unpaired) electrons. The summed E-state index contributed by atoms with van der Waals surface area (Å²) in [6, 6.07) is 0. The smallest absolute Gasteiger partial charge is 0.207 e. The summed E-state index contributed by atoms with van der Waals surface area (Å²) in [5, 5.41) is 0. The number of rotatable bonds is 7. The lowest BCUT2D eigenvalue weighted by Gasteiger charge is -2.56. The van der Waals surface area contributed by atoms with E-state index in [2.05, 4.69) is 6.92 Å². The third kappa shape index (κ3) is 3.85. The second kappa shape index (κ2) is 7.62. The van der Waals surface area contributed by atoms with Gasteiger partial charge in [-0.05, 0) is 42.9 Å². The molecule has 0 atom stereocenters. The molecule has 0 heterocycles. The molecule has 0 aromatic rings. The van der Waals surface area contributed by atoms with Gasteiger partial charge in [0.15, 0.2) is 0 Å². The zero-order valence-corrected chi connectivity index (χ0v) is 14.9. The van der Waals surface area contributed by atoms with Crippen molar-refractivity contribution < 1.29 is 8.78 Å². The largest absolute Gasteiger partial charge is 0.248 e. The SMILES string of the molecule is CCCC(F)(F)CC1(C2(CCC)CCCCC2)CCCCC1. The van der Waals surface area contributed by atoms with Crippen LogP contribution in [0.3, 0.4) is 0 Å². The van der Waals surface area contributed by atoms with Crippen molar-refractivity contribution in [1.82, 2.24) is 0 Å². The Morgan fingerprint density at radius 2 is 1.23 bits per heavy atom. The van der Waals surface area contributed by atoms with E-state index in [0.717, 1.165) is 19.3 Å². The van der Waals surface area contributed by atoms with Crippen molar-refractivity contribution in [2.45, 2.75) is 116 Å². The van der Waals surface area contributed by atoms with Gasteiger partial charge in [0, 0.05) is 12.8 Å². The third-order valence-electron chi connectivity index (χ3n) is 6.69. The van der Waals surface area contributed by atoms with Gasteiger partial charge in [-0.3, -0.25) is 0 Å². The quantitative estimate of drug-likeness (QED) is 0.456. The maximum absolute atomic E-state index is 14.6. The fourth-order valence-corrected chi connectivity index (χ4v) is 5.82. The minimum Gasteiger partial charge on any atom is -0.207 e. The molecule has 2 rings (SSSR count). The van der Waals surface area contributed by atoms with Gasteiger partial charge in [-0.15, -0.1) is 0 Å². The standard InChI is InChI=1S/C20H36F2/c1-3-11-18(13-7-5-8-14-18)19(15-9-6-10-16-19)17-20(21,22)12-4-2/h3-17H2,1-2H3. The van der Waals surface area contributed by atoms with Gasteiger partial charge in [-0.1, -0.05) is 65.2 Å². The average Bonchev–Trinajstić information content (AvgIpc) is 2.49. The average molecular weight is 315 g/mol. The van der Waals surface area contributed by atoms with Crippen LogP contribution in [0.25, 0.3) is 0 Å². The van der Waals surface area contributed by atoms with Gasteiger partial charge in [-0.25, -0.2) is 8.78 Å². The molecule has 0 N–H and O–H groups in total. The highest BCUT2D eigenvalue weighted by atomic mass is 19.3. The summed E-state index contributed by atoms with van der Waals surface area (Å²) in [6.45, 7) is 4.14. The fraction of sp³-hybridized carbons (Fsp3) is 1.00. The molecular formula is C20H36F2. The van der Waals surface area contributed by atoms with Crippen LogP contribution in [0.2, 0.25) is 0 Å². The molecule has 0 nitrogen and oxygen atoms in total. The molecule has 22 heavy (non-hydrogen) atoms. The number of halogens is 2. The van der Waals surface area contributed by atoms with Crippen LogP contribution >= 0.6 is 0 Å². The molecule has 0 spiro atoms. The van der Waals surface area contributed by atoms with E-state index in [-0.39, 0.29) is 23.7 Å². The zero-order chi connectivity index (χ0) is 16.1. The van der Waals surface area contributed by atoms with E-state index in [1.54, 1.807) is 0 Å². The molecule has 2 heteroatoms. The first kappa shape index (κ1) is 18.2. The van der Waals surface area contributed by atoms with Crippen molar-refractivity contribution in [3.8, 4) is 0 Å². The van der Waals surface area contributed by atoms with E-state index in [4.69, 9.17) is 0 Å². The first-order valence-electron chi connectivity index (χ1n) is 9.87. The van der Waals surface area contributed by atoms with Gasteiger partial charge >= 0.3 is 0 Å². The predicted molar refractivity (Wildman–Crippen MR) is 90.4 cm³/mol. The Hall–Kier alpha value is -0.140. The second-order valence-electron chi connectivity index (χ2n) is 8.21. The molecular weight excluding hydrogens is 278 g/mol. The molecule has 2 fully saturated rings. The highest BCUT2D eigenvalue weighted by molar-refractivity contribution is 5.02. The van der Waals surface area contributed by atoms with Crippen LogP contribution in [0.15, 0.2) is 0 Å². The van der Waals surface area contributed by atoms with E-state index in [1.165, 1.54) is 57.8 Å². The summed E-state index contributed by atoms with van der Waals surface area (Å²) in [6.07, 6.45) is 15.2. The number of alkyl halides is 2. The number of hydrogen-bond donors (Lipinski definition) is 0. The Balaban J connectivity index is 2.29.